The van der Waals surface area contributed by atoms with Gasteiger partial charge < -0.3 is 21.2 Å². The molecule has 2 aromatic rings. The van der Waals surface area contributed by atoms with E-state index in [0.717, 1.165) is 23.2 Å². The Bertz CT molecular complexity index is 680. The molecular weight excluding hydrogens is 290 g/mol. The fourth-order valence-corrected chi connectivity index (χ4v) is 2.86. The van der Waals surface area contributed by atoms with Gasteiger partial charge in [0.1, 0.15) is 5.41 Å². The standard InChI is InChI=1S/C18H25N3O2/c1-4-12-8-9-14(19)16(20)13(12)11-18(3,17(22)23-5-2)15-7-6-10-21-15/h6-10,21H,4-5,11,19-20H2,1-3H3. The van der Waals surface area contributed by atoms with Gasteiger partial charge in [0.15, 0.2) is 0 Å². The molecule has 0 aliphatic rings. The van der Waals surface area contributed by atoms with Crippen LogP contribution in [0.2, 0.25) is 0 Å². The van der Waals surface area contributed by atoms with Crippen molar-refractivity contribution in [2.75, 3.05) is 18.1 Å². The number of ether oxygens (including phenoxy) is 1. The van der Waals surface area contributed by atoms with Crippen LogP contribution in [0.5, 0.6) is 0 Å². The summed E-state index contributed by atoms with van der Waals surface area (Å²) in [6, 6.07) is 7.55. The lowest BCUT2D eigenvalue weighted by atomic mass is 9.78. The fraction of sp³-hybridized carbons (Fsp3) is 0.389. The Balaban J connectivity index is 2.52. The van der Waals surface area contributed by atoms with Crippen LogP contribution in [0.1, 0.15) is 37.6 Å². The molecule has 1 heterocycles. The monoisotopic (exact) mass is 315 g/mol. The van der Waals surface area contributed by atoms with Gasteiger partial charge in [-0.25, -0.2) is 0 Å². The van der Waals surface area contributed by atoms with Crippen molar-refractivity contribution in [3.05, 3.63) is 47.3 Å². The lowest BCUT2D eigenvalue weighted by molar-refractivity contribution is -0.149. The van der Waals surface area contributed by atoms with Crippen molar-refractivity contribution in [1.82, 2.24) is 4.98 Å². The number of anilines is 2. The molecule has 1 atom stereocenters. The quantitative estimate of drug-likeness (QED) is 0.564. The number of carbonyl (C=O) groups is 1. The zero-order valence-electron chi connectivity index (χ0n) is 14.0. The van der Waals surface area contributed by atoms with E-state index >= 15 is 0 Å². The molecule has 0 bridgehead atoms. The minimum absolute atomic E-state index is 0.272. The van der Waals surface area contributed by atoms with Crippen LogP contribution in [0.15, 0.2) is 30.5 Å². The number of hydrogen-bond acceptors (Lipinski definition) is 4. The van der Waals surface area contributed by atoms with Gasteiger partial charge in [0.05, 0.1) is 18.0 Å². The number of aromatic amines is 1. The molecular formula is C18H25N3O2. The third-order valence-electron chi connectivity index (χ3n) is 4.32. The summed E-state index contributed by atoms with van der Waals surface area (Å²) in [7, 11) is 0. The van der Waals surface area contributed by atoms with Gasteiger partial charge in [-0.15, -0.1) is 0 Å². The Morgan fingerprint density at radius 1 is 1.26 bits per heavy atom. The minimum Gasteiger partial charge on any atom is -0.465 e. The number of H-pyrrole nitrogens is 1. The highest BCUT2D eigenvalue weighted by molar-refractivity contribution is 5.83. The van der Waals surface area contributed by atoms with E-state index in [1.54, 1.807) is 13.1 Å². The molecule has 0 fully saturated rings. The number of benzene rings is 1. The van der Waals surface area contributed by atoms with Gasteiger partial charge in [0, 0.05) is 11.9 Å². The summed E-state index contributed by atoms with van der Waals surface area (Å²) < 4.78 is 5.32. The van der Waals surface area contributed by atoms with E-state index in [2.05, 4.69) is 11.9 Å². The zero-order chi connectivity index (χ0) is 17.0. The Labute approximate surface area is 137 Å². The molecule has 23 heavy (non-hydrogen) atoms. The second-order valence-corrected chi connectivity index (χ2v) is 5.87. The molecule has 1 aromatic carbocycles. The second kappa shape index (κ2) is 6.77. The van der Waals surface area contributed by atoms with Crippen LogP contribution in [0.25, 0.3) is 0 Å². The molecule has 1 aromatic heterocycles. The Morgan fingerprint density at radius 2 is 2.00 bits per heavy atom. The molecule has 2 rings (SSSR count). The number of nitrogens with one attached hydrogen (secondary N) is 1. The lowest BCUT2D eigenvalue weighted by Gasteiger charge is -2.28. The highest BCUT2D eigenvalue weighted by Crippen LogP contribution is 2.34. The van der Waals surface area contributed by atoms with E-state index in [4.69, 9.17) is 16.2 Å². The van der Waals surface area contributed by atoms with E-state index in [0.29, 0.717) is 24.4 Å². The molecule has 0 radical (unpaired) electrons. The van der Waals surface area contributed by atoms with Crippen LogP contribution < -0.4 is 11.5 Å². The van der Waals surface area contributed by atoms with E-state index in [9.17, 15) is 4.79 Å². The predicted molar refractivity (Wildman–Crippen MR) is 93.1 cm³/mol. The van der Waals surface area contributed by atoms with Crippen LogP contribution in [0, 0.1) is 0 Å². The van der Waals surface area contributed by atoms with Crippen LogP contribution in [0.4, 0.5) is 11.4 Å². The van der Waals surface area contributed by atoms with Crippen molar-refractivity contribution in [2.24, 2.45) is 0 Å². The number of esters is 1. The molecule has 0 amide bonds. The molecule has 124 valence electrons. The van der Waals surface area contributed by atoms with Crippen LogP contribution in [-0.2, 0) is 27.8 Å². The van der Waals surface area contributed by atoms with Gasteiger partial charge in [-0.3, -0.25) is 4.79 Å². The van der Waals surface area contributed by atoms with Crippen LogP contribution in [-0.4, -0.2) is 17.6 Å². The SMILES string of the molecule is CCOC(=O)C(C)(Cc1c(CC)ccc(N)c1N)c1ccc[nH]1. The average Bonchev–Trinajstić information content (AvgIpc) is 3.07. The third-order valence-corrected chi connectivity index (χ3v) is 4.32. The van der Waals surface area contributed by atoms with Crippen molar-refractivity contribution < 1.29 is 9.53 Å². The van der Waals surface area contributed by atoms with Gasteiger partial charge >= 0.3 is 5.97 Å². The number of aromatic nitrogens is 1. The van der Waals surface area contributed by atoms with Crippen molar-refractivity contribution in [1.29, 1.82) is 0 Å². The summed E-state index contributed by atoms with van der Waals surface area (Å²) in [5.74, 6) is -0.272. The zero-order valence-corrected chi connectivity index (χ0v) is 14.0. The van der Waals surface area contributed by atoms with Crippen LogP contribution in [0.3, 0.4) is 0 Å². The summed E-state index contributed by atoms with van der Waals surface area (Å²) >= 11 is 0. The molecule has 1 unspecified atom stereocenters. The molecule has 5 heteroatoms. The first-order chi connectivity index (χ1) is 10.9. The molecule has 0 aliphatic carbocycles. The maximum atomic E-state index is 12.6. The largest absolute Gasteiger partial charge is 0.465 e. The molecule has 0 saturated heterocycles. The van der Waals surface area contributed by atoms with Crippen LogP contribution >= 0.6 is 0 Å². The fourth-order valence-electron chi connectivity index (χ4n) is 2.86. The number of hydrogen-bond donors (Lipinski definition) is 3. The first-order valence-electron chi connectivity index (χ1n) is 7.90. The van der Waals surface area contributed by atoms with Crippen molar-refractivity contribution in [2.45, 2.75) is 39.0 Å². The first kappa shape index (κ1) is 16.9. The van der Waals surface area contributed by atoms with Gasteiger partial charge in [-0.1, -0.05) is 13.0 Å². The predicted octanol–water partition coefficient (Wildman–Crippen LogP) is 2.81. The number of rotatable bonds is 6. The normalized spacial score (nSPS) is 13.5. The number of nitrogen functional groups attached to an aromatic ring is 2. The van der Waals surface area contributed by atoms with E-state index in [-0.39, 0.29) is 5.97 Å². The number of aryl methyl sites for hydroxylation is 1. The topological polar surface area (TPSA) is 94.1 Å². The summed E-state index contributed by atoms with van der Waals surface area (Å²) in [5.41, 5.74) is 15.2. The third kappa shape index (κ3) is 3.18. The van der Waals surface area contributed by atoms with E-state index < -0.39 is 5.41 Å². The van der Waals surface area contributed by atoms with Gasteiger partial charge in [-0.05, 0) is 56.0 Å². The average molecular weight is 315 g/mol. The van der Waals surface area contributed by atoms with Crippen molar-refractivity contribution in [3.63, 3.8) is 0 Å². The molecule has 0 spiro atoms. The van der Waals surface area contributed by atoms with Crippen molar-refractivity contribution in [3.8, 4) is 0 Å². The summed E-state index contributed by atoms with van der Waals surface area (Å²) in [6.07, 6.45) is 3.06. The maximum Gasteiger partial charge on any atom is 0.318 e. The first-order valence-corrected chi connectivity index (χ1v) is 7.90. The molecule has 0 saturated carbocycles. The smallest absolute Gasteiger partial charge is 0.318 e. The van der Waals surface area contributed by atoms with E-state index in [1.807, 2.05) is 31.2 Å². The Morgan fingerprint density at radius 3 is 2.57 bits per heavy atom. The van der Waals surface area contributed by atoms with Gasteiger partial charge in [-0.2, -0.15) is 0 Å². The van der Waals surface area contributed by atoms with E-state index in [1.165, 1.54) is 0 Å². The van der Waals surface area contributed by atoms with Gasteiger partial charge in [0.25, 0.3) is 0 Å². The minimum atomic E-state index is -0.842. The molecule has 0 aliphatic heterocycles. The Hall–Kier alpha value is -2.43. The second-order valence-electron chi connectivity index (χ2n) is 5.87. The number of carbonyl (C=O) groups excluding carboxylic acids is 1. The van der Waals surface area contributed by atoms with Crippen molar-refractivity contribution >= 4 is 17.3 Å². The molecule has 5 N–H and O–H groups in total. The molecule has 5 nitrogen and oxygen atoms in total. The highest BCUT2D eigenvalue weighted by atomic mass is 16.5. The Kier molecular flexibility index (Phi) is 4.98. The lowest BCUT2D eigenvalue weighted by Crippen LogP contribution is -2.37. The maximum absolute atomic E-state index is 12.6. The summed E-state index contributed by atoms with van der Waals surface area (Å²) in [4.78, 5) is 15.8. The number of nitrogens with two attached hydrogens (primary N) is 2. The summed E-state index contributed by atoms with van der Waals surface area (Å²) in [6.45, 7) is 6.07. The summed E-state index contributed by atoms with van der Waals surface area (Å²) in [5, 5.41) is 0. The van der Waals surface area contributed by atoms with Gasteiger partial charge in [0.2, 0.25) is 0 Å². The highest BCUT2D eigenvalue weighted by Gasteiger charge is 2.39.